The Bertz CT molecular complexity index is 1240. The number of alkyl halides is 6. The first kappa shape index (κ1) is 22.2. The van der Waals surface area contributed by atoms with E-state index in [1.165, 1.54) is 12.1 Å². The fourth-order valence-electron chi connectivity index (χ4n) is 3.19. The summed E-state index contributed by atoms with van der Waals surface area (Å²) < 4.78 is 98.4. The van der Waals surface area contributed by atoms with Crippen LogP contribution in [-0.4, -0.2) is 20.6 Å². The predicted molar refractivity (Wildman–Crippen MR) is 101 cm³/mol. The number of aromatic nitrogens is 4. The van der Waals surface area contributed by atoms with Crippen LogP contribution < -0.4 is 0 Å². The molecular weight excluding hydrogens is 513 g/mol. The quantitative estimate of drug-likeness (QED) is 0.318. The van der Waals surface area contributed by atoms with Crippen molar-refractivity contribution < 1.29 is 35.2 Å². The summed E-state index contributed by atoms with van der Waals surface area (Å²) in [5.41, 5.74) is -2.82. The van der Waals surface area contributed by atoms with Crippen molar-refractivity contribution in [2.24, 2.45) is 0 Å². The van der Waals surface area contributed by atoms with Gasteiger partial charge >= 0.3 is 12.4 Å². The standard InChI is InChI=1S/C19H10BrF7N4O/c20-16-11(18(22,23)24)3-8(4-12(16)19(25,26)27)1-2-9-6-14-10(5-13(9)21)7-15(32-14)17-28-30-31-29-17/h3-7H,1-2H2,(H,28,29,30,31). The van der Waals surface area contributed by atoms with E-state index in [0.717, 1.165) is 6.07 Å². The third kappa shape index (κ3) is 4.33. The van der Waals surface area contributed by atoms with Crippen molar-refractivity contribution in [3.63, 3.8) is 0 Å². The summed E-state index contributed by atoms with van der Waals surface area (Å²) in [6.07, 6.45) is -10.4. The van der Waals surface area contributed by atoms with Crippen LogP contribution in [0.5, 0.6) is 0 Å². The highest BCUT2D eigenvalue weighted by atomic mass is 79.9. The molecule has 2 aromatic carbocycles. The van der Waals surface area contributed by atoms with E-state index in [-0.39, 0.29) is 41.1 Å². The summed E-state index contributed by atoms with van der Waals surface area (Å²) in [4.78, 5) is 0. The fraction of sp³-hybridized carbons (Fsp3) is 0.211. The second-order valence-electron chi connectivity index (χ2n) is 6.83. The highest BCUT2D eigenvalue weighted by Crippen LogP contribution is 2.43. The fourth-order valence-corrected chi connectivity index (χ4v) is 3.87. The van der Waals surface area contributed by atoms with Crippen LogP contribution in [0.15, 0.2) is 39.2 Å². The number of aryl methyl sites for hydroxylation is 2. The van der Waals surface area contributed by atoms with Gasteiger partial charge in [-0.05, 0) is 75.4 Å². The molecule has 0 spiro atoms. The number of nitrogens with zero attached hydrogens (tertiary/aromatic N) is 3. The lowest BCUT2D eigenvalue weighted by atomic mass is 9.98. The minimum absolute atomic E-state index is 0.0662. The molecule has 0 aliphatic rings. The van der Waals surface area contributed by atoms with Crippen molar-refractivity contribution in [1.82, 2.24) is 20.6 Å². The van der Waals surface area contributed by atoms with Crippen LogP contribution in [0.2, 0.25) is 0 Å². The Hall–Kier alpha value is -2.96. The molecule has 13 heteroatoms. The molecule has 0 bridgehead atoms. The molecule has 4 rings (SSSR count). The van der Waals surface area contributed by atoms with E-state index in [4.69, 9.17) is 4.42 Å². The predicted octanol–water partition coefficient (Wildman–Crippen LogP) is 6.34. The molecule has 0 amide bonds. The van der Waals surface area contributed by atoms with Crippen LogP contribution in [0, 0.1) is 5.82 Å². The molecule has 0 atom stereocenters. The van der Waals surface area contributed by atoms with E-state index in [0.29, 0.717) is 17.5 Å². The largest absolute Gasteiger partial charge is 0.453 e. The highest BCUT2D eigenvalue weighted by Gasteiger charge is 2.40. The van der Waals surface area contributed by atoms with Crippen molar-refractivity contribution in [3.05, 3.63) is 62.9 Å². The number of hydrogen-bond acceptors (Lipinski definition) is 4. The third-order valence-electron chi connectivity index (χ3n) is 4.68. The van der Waals surface area contributed by atoms with Crippen LogP contribution in [0.3, 0.4) is 0 Å². The first-order valence-electron chi connectivity index (χ1n) is 8.86. The molecule has 2 aromatic heterocycles. The maximum atomic E-state index is 14.5. The normalized spacial score (nSPS) is 12.6. The number of benzene rings is 2. The third-order valence-corrected chi connectivity index (χ3v) is 5.53. The first-order chi connectivity index (χ1) is 14.9. The molecule has 0 radical (unpaired) electrons. The van der Waals surface area contributed by atoms with Gasteiger partial charge in [0.1, 0.15) is 11.4 Å². The molecule has 168 valence electrons. The summed E-state index contributed by atoms with van der Waals surface area (Å²) in [5.74, 6) is -0.331. The Kier molecular flexibility index (Phi) is 5.47. The summed E-state index contributed by atoms with van der Waals surface area (Å²) in [6, 6.07) is 5.21. The number of H-pyrrole nitrogens is 1. The minimum Gasteiger partial charge on any atom is -0.453 e. The number of furan rings is 1. The van der Waals surface area contributed by atoms with Gasteiger partial charge in [0.05, 0.1) is 11.1 Å². The van der Waals surface area contributed by atoms with Crippen molar-refractivity contribution >= 4 is 26.9 Å². The molecule has 1 N–H and O–H groups in total. The molecule has 4 aromatic rings. The molecule has 0 saturated heterocycles. The Labute approximate surface area is 182 Å². The van der Waals surface area contributed by atoms with Crippen molar-refractivity contribution in [1.29, 1.82) is 0 Å². The topological polar surface area (TPSA) is 67.6 Å². The van der Waals surface area contributed by atoms with Crippen molar-refractivity contribution in [2.75, 3.05) is 0 Å². The Morgan fingerprint density at radius 3 is 2.12 bits per heavy atom. The van der Waals surface area contributed by atoms with E-state index in [1.54, 1.807) is 0 Å². The van der Waals surface area contributed by atoms with Gasteiger partial charge in [0, 0.05) is 9.86 Å². The van der Waals surface area contributed by atoms with E-state index in [1.807, 2.05) is 0 Å². The number of aromatic amines is 1. The highest BCUT2D eigenvalue weighted by molar-refractivity contribution is 9.10. The summed E-state index contributed by atoms with van der Waals surface area (Å²) in [7, 11) is 0. The second-order valence-corrected chi connectivity index (χ2v) is 7.62. The van der Waals surface area contributed by atoms with Crippen LogP contribution >= 0.6 is 15.9 Å². The van der Waals surface area contributed by atoms with Crippen molar-refractivity contribution in [2.45, 2.75) is 25.2 Å². The Balaban J connectivity index is 1.66. The zero-order chi connectivity index (χ0) is 23.3. The Morgan fingerprint density at radius 1 is 0.906 bits per heavy atom. The van der Waals surface area contributed by atoms with Gasteiger partial charge in [-0.3, -0.25) is 0 Å². The van der Waals surface area contributed by atoms with Crippen LogP contribution in [0.25, 0.3) is 22.6 Å². The van der Waals surface area contributed by atoms with Gasteiger partial charge in [-0.15, -0.1) is 10.2 Å². The van der Waals surface area contributed by atoms with Gasteiger partial charge in [0.25, 0.3) is 0 Å². The van der Waals surface area contributed by atoms with Crippen LogP contribution in [0.4, 0.5) is 30.7 Å². The van der Waals surface area contributed by atoms with E-state index < -0.39 is 33.8 Å². The molecule has 2 heterocycles. The smallest absolute Gasteiger partial charge is 0.417 e. The maximum absolute atomic E-state index is 14.5. The van der Waals surface area contributed by atoms with Gasteiger partial charge in [-0.2, -0.15) is 31.6 Å². The number of rotatable bonds is 4. The number of tetrazole rings is 1. The lowest BCUT2D eigenvalue weighted by Gasteiger charge is -2.17. The van der Waals surface area contributed by atoms with Gasteiger partial charge in [0.2, 0.25) is 5.82 Å². The van der Waals surface area contributed by atoms with Gasteiger partial charge < -0.3 is 4.42 Å². The zero-order valence-corrected chi connectivity index (χ0v) is 17.2. The minimum atomic E-state index is -5.00. The first-order valence-corrected chi connectivity index (χ1v) is 9.65. The number of fused-ring (bicyclic) bond motifs is 1. The molecule has 0 saturated carbocycles. The van der Waals surface area contributed by atoms with Crippen molar-refractivity contribution in [3.8, 4) is 11.6 Å². The summed E-state index contributed by atoms with van der Waals surface area (Å²) in [5, 5.41) is 13.5. The number of halogens is 8. The summed E-state index contributed by atoms with van der Waals surface area (Å²) >= 11 is 2.41. The lowest BCUT2D eigenvalue weighted by molar-refractivity contribution is -0.144. The summed E-state index contributed by atoms with van der Waals surface area (Å²) in [6.45, 7) is 0. The zero-order valence-electron chi connectivity index (χ0n) is 15.6. The maximum Gasteiger partial charge on any atom is 0.417 e. The lowest BCUT2D eigenvalue weighted by Crippen LogP contribution is -2.14. The van der Waals surface area contributed by atoms with Crippen LogP contribution in [-0.2, 0) is 25.2 Å². The van der Waals surface area contributed by atoms with E-state index in [2.05, 4.69) is 36.6 Å². The van der Waals surface area contributed by atoms with Gasteiger partial charge in [-0.1, -0.05) is 0 Å². The van der Waals surface area contributed by atoms with Gasteiger partial charge in [-0.25, -0.2) is 4.39 Å². The number of hydrogen-bond donors (Lipinski definition) is 1. The average molecular weight is 523 g/mol. The Morgan fingerprint density at radius 2 is 1.56 bits per heavy atom. The monoisotopic (exact) mass is 522 g/mol. The number of nitrogens with one attached hydrogen (secondary N) is 1. The second kappa shape index (κ2) is 7.87. The van der Waals surface area contributed by atoms with E-state index in [9.17, 15) is 30.7 Å². The molecular formula is C19H10BrF7N4O. The molecule has 0 aliphatic carbocycles. The molecule has 0 fully saturated rings. The van der Waals surface area contributed by atoms with Gasteiger partial charge in [0.15, 0.2) is 5.76 Å². The molecule has 32 heavy (non-hydrogen) atoms. The average Bonchev–Trinajstić information content (AvgIpc) is 3.34. The molecule has 0 unspecified atom stereocenters. The van der Waals surface area contributed by atoms with Crippen LogP contribution in [0.1, 0.15) is 22.3 Å². The van der Waals surface area contributed by atoms with E-state index >= 15 is 0 Å². The molecule has 0 aliphatic heterocycles. The molecule has 5 nitrogen and oxygen atoms in total. The SMILES string of the molecule is Fc1cc2cc(-c3nn[nH]n3)oc2cc1CCc1cc(C(F)(F)F)c(Br)c(C(F)(F)F)c1.